The third kappa shape index (κ3) is 3.76. The van der Waals surface area contributed by atoms with Crippen molar-refractivity contribution < 1.29 is 24.2 Å². The van der Waals surface area contributed by atoms with Gasteiger partial charge in [-0.3, -0.25) is 9.59 Å². The number of epoxide rings is 1. The molecule has 1 aromatic rings. The van der Waals surface area contributed by atoms with Crippen LogP contribution < -0.4 is 0 Å². The number of esters is 1. The van der Waals surface area contributed by atoms with Gasteiger partial charge in [0.1, 0.15) is 6.61 Å². The number of ether oxygens (including phenoxy) is 2. The second kappa shape index (κ2) is 9.17. The highest BCUT2D eigenvalue weighted by Crippen LogP contribution is 2.75. The predicted molar refractivity (Wildman–Crippen MR) is 122 cm³/mol. The average molecular weight is 443 g/mol. The maximum absolute atomic E-state index is 13.9. The van der Waals surface area contributed by atoms with Crippen LogP contribution in [-0.2, 0) is 25.7 Å². The molecule has 7 unspecified atom stereocenters. The summed E-state index contributed by atoms with van der Waals surface area (Å²) in [5, 5.41) is 10.3. The number of unbranched alkanes of at least 4 members (excludes halogenated alkanes) is 2. The minimum absolute atomic E-state index is 0.000801. The molecule has 1 N–H and O–H groups in total. The molecule has 2 saturated carbocycles. The number of carboxylic acid groups (broad SMARTS) is 1. The highest BCUT2D eigenvalue weighted by Gasteiger charge is 2.83. The number of carbonyl (C=O) groups is 2. The number of carboxylic acids is 1. The fourth-order valence-electron chi connectivity index (χ4n) is 7.09. The molecular weight excluding hydrogens is 404 g/mol. The van der Waals surface area contributed by atoms with Gasteiger partial charge in [0.25, 0.3) is 0 Å². The molecule has 0 radical (unpaired) electrons. The van der Waals surface area contributed by atoms with Crippen molar-refractivity contribution in [2.24, 2.45) is 28.6 Å². The molecule has 32 heavy (non-hydrogen) atoms. The maximum Gasteiger partial charge on any atom is 0.313 e. The van der Waals surface area contributed by atoms with Crippen LogP contribution in [0, 0.1) is 28.6 Å². The largest absolute Gasteiger partial charge is 0.481 e. The summed E-state index contributed by atoms with van der Waals surface area (Å²) in [7, 11) is 0. The number of hydrogen-bond acceptors (Lipinski definition) is 4. The van der Waals surface area contributed by atoms with E-state index in [1.54, 1.807) is 0 Å². The number of fused-ring (bicyclic) bond motifs is 5. The molecule has 0 amide bonds. The zero-order valence-electron chi connectivity index (χ0n) is 19.7. The van der Waals surface area contributed by atoms with E-state index in [0.29, 0.717) is 12.3 Å². The Kier molecular flexibility index (Phi) is 6.67. The number of benzene rings is 1. The molecule has 3 fully saturated rings. The Balaban J connectivity index is 1.65. The first kappa shape index (κ1) is 23.3. The van der Waals surface area contributed by atoms with Crippen LogP contribution in [0.3, 0.4) is 0 Å². The van der Waals surface area contributed by atoms with Crippen LogP contribution in [0.2, 0.25) is 0 Å². The third-order valence-electron chi connectivity index (χ3n) is 8.58. The van der Waals surface area contributed by atoms with Crippen molar-refractivity contribution in [1.82, 2.24) is 0 Å². The molecule has 2 aliphatic carbocycles. The molecule has 0 spiro atoms. The van der Waals surface area contributed by atoms with Gasteiger partial charge in [0.2, 0.25) is 0 Å². The minimum Gasteiger partial charge on any atom is -0.481 e. The van der Waals surface area contributed by atoms with Gasteiger partial charge in [-0.2, -0.15) is 0 Å². The van der Waals surface area contributed by atoms with Crippen LogP contribution in [0.4, 0.5) is 0 Å². The fraction of sp³-hybridized carbons (Fsp3) is 0.704. The summed E-state index contributed by atoms with van der Waals surface area (Å²) in [5.41, 5.74) is -0.581. The summed E-state index contributed by atoms with van der Waals surface area (Å²) < 4.78 is 11.9. The highest BCUT2D eigenvalue weighted by molar-refractivity contribution is 5.88. The van der Waals surface area contributed by atoms with E-state index in [0.717, 1.165) is 44.1 Å². The Morgan fingerprint density at radius 1 is 1.16 bits per heavy atom. The van der Waals surface area contributed by atoms with Crippen molar-refractivity contribution in [3.8, 4) is 0 Å². The summed E-state index contributed by atoms with van der Waals surface area (Å²) in [5.74, 6) is -1.70. The quantitative estimate of drug-likeness (QED) is 0.259. The molecule has 3 aliphatic rings. The number of aliphatic carboxylic acids is 1. The monoisotopic (exact) mass is 442 g/mol. The predicted octanol–water partition coefficient (Wildman–Crippen LogP) is 5.61. The van der Waals surface area contributed by atoms with Crippen LogP contribution in [0.25, 0.3) is 0 Å². The number of hydrogen-bond donors (Lipinski definition) is 1. The maximum atomic E-state index is 13.9. The van der Waals surface area contributed by atoms with E-state index in [1.807, 2.05) is 30.3 Å². The lowest BCUT2D eigenvalue weighted by molar-refractivity contribution is -0.180. The lowest BCUT2D eigenvalue weighted by Crippen LogP contribution is -2.55. The molecule has 2 bridgehead atoms. The van der Waals surface area contributed by atoms with Crippen molar-refractivity contribution in [1.29, 1.82) is 0 Å². The van der Waals surface area contributed by atoms with Gasteiger partial charge in [0, 0.05) is 11.3 Å². The van der Waals surface area contributed by atoms with E-state index < -0.39 is 22.7 Å². The van der Waals surface area contributed by atoms with Crippen LogP contribution in [0.5, 0.6) is 0 Å². The molecule has 5 heteroatoms. The average Bonchev–Trinajstić information content (AvgIpc) is 3.48. The third-order valence-corrected chi connectivity index (χ3v) is 8.58. The number of carbonyl (C=O) groups excluding carboxylic acids is 1. The highest BCUT2D eigenvalue weighted by atomic mass is 16.6. The molecule has 1 aliphatic heterocycles. The molecule has 1 saturated heterocycles. The van der Waals surface area contributed by atoms with Gasteiger partial charge >= 0.3 is 11.9 Å². The Bertz CT molecular complexity index is 823. The van der Waals surface area contributed by atoms with Crippen molar-refractivity contribution in [3.63, 3.8) is 0 Å². The summed E-state index contributed by atoms with van der Waals surface area (Å²) in [6, 6.07) is 9.64. The minimum atomic E-state index is -1.03. The van der Waals surface area contributed by atoms with Gasteiger partial charge in [-0.25, -0.2) is 0 Å². The van der Waals surface area contributed by atoms with Crippen molar-refractivity contribution in [2.45, 2.75) is 91.0 Å². The normalized spacial score (nSPS) is 35.3. The molecule has 0 aromatic heterocycles. The standard InChI is InChI=1S/C27H38O5/c1-4-6-8-12-18(11-5-2)15-27(25(30)31-17-19-13-9-7-10-14-19)21(24(28)29)20-16-26(27,3)23-22(20)32-23/h7,9-10,13-14,18,20-23H,4-6,8,11-12,15-17H2,1-3H3,(H,28,29). The summed E-state index contributed by atoms with van der Waals surface area (Å²) in [6.07, 6.45) is 7.86. The topological polar surface area (TPSA) is 76.1 Å². The Hall–Kier alpha value is -1.88. The fourth-order valence-corrected chi connectivity index (χ4v) is 7.09. The van der Waals surface area contributed by atoms with E-state index >= 15 is 0 Å². The lowest BCUT2D eigenvalue weighted by atomic mass is 9.55. The van der Waals surface area contributed by atoms with Crippen molar-refractivity contribution in [2.75, 3.05) is 0 Å². The van der Waals surface area contributed by atoms with Crippen LogP contribution in [0.15, 0.2) is 30.3 Å². The Morgan fingerprint density at radius 3 is 2.56 bits per heavy atom. The zero-order chi connectivity index (χ0) is 22.9. The summed E-state index contributed by atoms with van der Waals surface area (Å²) in [6.45, 7) is 6.64. The first-order valence-electron chi connectivity index (χ1n) is 12.5. The lowest BCUT2D eigenvalue weighted by Gasteiger charge is -2.46. The zero-order valence-corrected chi connectivity index (χ0v) is 19.7. The van der Waals surface area contributed by atoms with Gasteiger partial charge in [-0.1, -0.05) is 89.6 Å². The van der Waals surface area contributed by atoms with Gasteiger partial charge in [-0.05, 0) is 24.3 Å². The van der Waals surface area contributed by atoms with E-state index in [9.17, 15) is 14.7 Å². The van der Waals surface area contributed by atoms with Crippen LogP contribution in [-0.4, -0.2) is 29.3 Å². The Morgan fingerprint density at radius 2 is 1.91 bits per heavy atom. The van der Waals surface area contributed by atoms with E-state index in [-0.39, 0.29) is 30.7 Å². The Labute approximate surface area is 191 Å². The van der Waals surface area contributed by atoms with Crippen molar-refractivity contribution in [3.05, 3.63) is 35.9 Å². The number of rotatable bonds is 12. The molecule has 4 rings (SSSR count). The second-order valence-corrected chi connectivity index (χ2v) is 10.5. The SMILES string of the molecule is CCCCCC(CCC)CC1(C(=O)OCc2ccccc2)C(C(=O)O)C2CC1(C)C1OC21. The smallest absolute Gasteiger partial charge is 0.313 e. The van der Waals surface area contributed by atoms with Gasteiger partial charge in [-0.15, -0.1) is 0 Å². The summed E-state index contributed by atoms with van der Waals surface area (Å²) in [4.78, 5) is 26.6. The molecule has 5 nitrogen and oxygen atoms in total. The second-order valence-electron chi connectivity index (χ2n) is 10.5. The molecule has 176 valence electrons. The molecule has 1 heterocycles. The van der Waals surface area contributed by atoms with E-state index in [4.69, 9.17) is 9.47 Å². The molecular formula is C27H38O5. The van der Waals surface area contributed by atoms with Crippen LogP contribution >= 0.6 is 0 Å². The van der Waals surface area contributed by atoms with Gasteiger partial charge < -0.3 is 14.6 Å². The summed E-state index contributed by atoms with van der Waals surface area (Å²) >= 11 is 0. The molecule has 7 atom stereocenters. The van der Waals surface area contributed by atoms with Crippen molar-refractivity contribution >= 4 is 11.9 Å². The molecule has 1 aromatic carbocycles. The van der Waals surface area contributed by atoms with Gasteiger partial charge in [0.05, 0.1) is 23.5 Å². The first-order valence-corrected chi connectivity index (χ1v) is 12.5. The van der Waals surface area contributed by atoms with E-state index in [1.165, 1.54) is 6.42 Å². The van der Waals surface area contributed by atoms with E-state index in [2.05, 4.69) is 20.8 Å². The van der Waals surface area contributed by atoms with Crippen LogP contribution in [0.1, 0.15) is 77.7 Å². The van der Waals surface area contributed by atoms with Gasteiger partial charge in [0.15, 0.2) is 0 Å². The first-order chi connectivity index (χ1) is 15.4.